The van der Waals surface area contributed by atoms with Crippen LogP contribution < -0.4 is 21.3 Å². The summed E-state index contributed by atoms with van der Waals surface area (Å²) in [7, 11) is 0. The van der Waals surface area contributed by atoms with Crippen LogP contribution in [0.1, 0.15) is 74.1 Å². The van der Waals surface area contributed by atoms with Gasteiger partial charge in [-0.1, -0.05) is 61.3 Å². The summed E-state index contributed by atoms with van der Waals surface area (Å²) in [6.45, 7) is 23.1. The number of hydrogen-bond donors (Lipinski definition) is 3. The van der Waals surface area contributed by atoms with Crippen molar-refractivity contribution in [1.29, 1.82) is 0 Å². The number of anilines is 4. The molecule has 2 aliphatic heterocycles. The Hall–Kier alpha value is -2.25. The highest BCUT2D eigenvalue weighted by molar-refractivity contribution is 6.04. The van der Waals surface area contributed by atoms with E-state index >= 15 is 0 Å². The van der Waals surface area contributed by atoms with E-state index in [9.17, 15) is 0 Å². The van der Waals surface area contributed by atoms with Crippen LogP contribution >= 0.6 is 0 Å². The maximum Gasteiger partial charge on any atom is 0.149 e. The first-order valence-electron chi connectivity index (χ1n) is 14.8. The number of rotatable bonds is 12. The number of pyridine rings is 1. The largest absolute Gasteiger partial charge is 0.382 e. The first-order chi connectivity index (χ1) is 18.0. The standard InChI is InChI=1S/C31H52N6O/c1-8-10-26-34-27-24-17-23(11-12-25(24)33-29(32)28(27)35-26)37-15-13-36(14-16-37)19-31(6,7)21-38-20-30(4,5)18-22(3)9-2/h11-12,17,22,26,34-35H,8-10,13-16,18-21H2,1-7H3,(H2,32,33). The Morgan fingerprint density at radius 1 is 1.03 bits per heavy atom. The van der Waals surface area contributed by atoms with Gasteiger partial charge in [0.1, 0.15) is 11.5 Å². The van der Waals surface area contributed by atoms with Crippen LogP contribution in [0.3, 0.4) is 0 Å². The third kappa shape index (κ3) is 7.03. The molecule has 0 aliphatic carbocycles. The summed E-state index contributed by atoms with van der Waals surface area (Å²) in [6, 6.07) is 6.60. The maximum atomic E-state index is 6.29. The van der Waals surface area contributed by atoms with Crippen molar-refractivity contribution in [3.05, 3.63) is 18.2 Å². The van der Waals surface area contributed by atoms with E-state index in [4.69, 9.17) is 10.5 Å². The molecule has 38 heavy (non-hydrogen) atoms. The normalized spacial score (nSPS) is 19.3. The van der Waals surface area contributed by atoms with Crippen LogP contribution in [0.2, 0.25) is 0 Å². The number of fused-ring (bicyclic) bond motifs is 3. The average molecular weight is 525 g/mol. The molecule has 2 unspecified atom stereocenters. The second kappa shape index (κ2) is 11.9. The van der Waals surface area contributed by atoms with Crippen molar-refractivity contribution in [3.8, 4) is 0 Å². The fourth-order valence-electron chi connectivity index (χ4n) is 6.15. The maximum absolute atomic E-state index is 6.29. The quantitative estimate of drug-likeness (QED) is 0.296. The number of ether oxygens (including phenoxy) is 1. The van der Waals surface area contributed by atoms with Crippen molar-refractivity contribution in [2.75, 3.05) is 67.2 Å². The zero-order valence-corrected chi connectivity index (χ0v) is 25.0. The second-order valence-electron chi connectivity index (χ2n) is 13.4. The monoisotopic (exact) mass is 524 g/mol. The number of nitrogens with two attached hydrogens (primary N) is 1. The minimum Gasteiger partial charge on any atom is -0.382 e. The van der Waals surface area contributed by atoms with Crippen molar-refractivity contribution in [2.45, 2.75) is 80.3 Å². The highest BCUT2D eigenvalue weighted by Gasteiger charge is 2.28. The number of nitrogen functional groups attached to an aromatic ring is 1. The highest BCUT2D eigenvalue weighted by Crippen LogP contribution is 2.41. The van der Waals surface area contributed by atoms with Crippen molar-refractivity contribution in [3.63, 3.8) is 0 Å². The van der Waals surface area contributed by atoms with Crippen LogP contribution in [0.25, 0.3) is 10.9 Å². The van der Waals surface area contributed by atoms with Gasteiger partial charge in [0, 0.05) is 49.2 Å². The van der Waals surface area contributed by atoms with Crippen LogP contribution in [0, 0.1) is 16.7 Å². The summed E-state index contributed by atoms with van der Waals surface area (Å²) in [6.07, 6.45) is 4.84. The van der Waals surface area contributed by atoms with Crippen LogP contribution in [0.4, 0.5) is 22.9 Å². The van der Waals surface area contributed by atoms with Crippen LogP contribution in [0.15, 0.2) is 18.2 Å². The van der Waals surface area contributed by atoms with Gasteiger partial charge in [0.05, 0.1) is 30.6 Å². The van der Waals surface area contributed by atoms with Gasteiger partial charge in [-0.3, -0.25) is 4.90 Å². The number of hydrogen-bond acceptors (Lipinski definition) is 7. The van der Waals surface area contributed by atoms with E-state index < -0.39 is 0 Å². The Bertz CT molecular complexity index is 1080. The highest BCUT2D eigenvalue weighted by atomic mass is 16.5. The topological polar surface area (TPSA) is 78.7 Å². The minimum absolute atomic E-state index is 0.136. The molecule has 0 bridgehead atoms. The number of benzene rings is 1. The Kier molecular flexibility index (Phi) is 8.98. The van der Waals surface area contributed by atoms with E-state index in [1.807, 2.05) is 0 Å². The lowest BCUT2D eigenvalue weighted by Crippen LogP contribution is -2.49. The summed E-state index contributed by atoms with van der Waals surface area (Å²) in [5.41, 5.74) is 10.9. The van der Waals surface area contributed by atoms with Gasteiger partial charge in [0.15, 0.2) is 0 Å². The molecule has 1 fully saturated rings. The summed E-state index contributed by atoms with van der Waals surface area (Å²) in [5.74, 6) is 1.33. The van der Waals surface area contributed by atoms with Crippen LogP contribution in [0.5, 0.6) is 0 Å². The molecule has 2 aromatic rings. The molecule has 4 rings (SSSR count). The Labute approximate surface area is 230 Å². The lowest BCUT2D eigenvalue weighted by Gasteiger charge is -2.40. The molecule has 2 atom stereocenters. The fourth-order valence-corrected chi connectivity index (χ4v) is 6.15. The molecule has 1 aromatic carbocycles. The molecule has 4 N–H and O–H groups in total. The molecule has 0 radical (unpaired) electrons. The van der Waals surface area contributed by atoms with E-state index in [-0.39, 0.29) is 17.0 Å². The lowest BCUT2D eigenvalue weighted by molar-refractivity contribution is -0.00459. The molecule has 212 valence electrons. The van der Waals surface area contributed by atoms with Gasteiger partial charge in [0.2, 0.25) is 0 Å². The van der Waals surface area contributed by atoms with Gasteiger partial charge in [-0.25, -0.2) is 4.98 Å². The lowest BCUT2D eigenvalue weighted by atomic mass is 9.83. The number of nitrogens with one attached hydrogen (secondary N) is 2. The van der Waals surface area contributed by atoms with Gasteiger partial charge >= 0.3 is 0 Å². The first-order valence-corrected chi connectivity index (χ1v) is 14.8. The van der Waals surface area contributed by atoms with Crippen molar-refractivity contribution < 1.29 is 4.74 Å². The zero-order valence-electron chi connectivity index (χ0n) is 25.0. The average Bonchev–Trinajstić information content (AvgIpc) is 3.29. The third-order valence-corrected chi connectivity index (χ3v) is 8.18. The summed E-state index contributed by atoms with van der Waals surface area (Å²) in [5, 5.41) is 8.32. The SMILES string of the molecule is CCCC1Nc2c(N)nc3ccc(N4CCN(CC(C)(C)COCC(C)(C)CC(C)CC)CC4)cc3c2N1. The molecule has 7 heteroatoms. The Balaban J connectivity index is 1.32. The number of nitrogens with zero attached hydrogens (tertiary/aromatic N) is 3. The smallest absolute Gasteiger partial charge is 0.149 e. The molecule has 1 saturated heterocycles. The van der Waals surface area contributed by atoms with E-state index in [0.717, 1.165) is 87.0 Å². The minimum atomic E-state index is 0.136. The zero-order chi connectivity index (χ0) is 27.5. The van der Waals surface area contributed by atoms with E-state index in [2.05, 4.69) is 92.1 Å². The second-order valence-corrected chi connectivity index (χ2v) is 13.4. The van der Waals surface area contributed by atoms with Gasteiger partial charge in [-0.2, -0.15) is 0 Å². The van der Waals surface area contributed by atoms with Crippen molar-refractivity contribution in [2.24, 2.45) is 16.7 Å². The molecule has 7 nitrogen and oxygen atoms in total. The summed E-state index contributed by atoms with van der Waals surface area (Å²) < 4.78 is 6.29. The van der Waals surface area contributed by atoms with E-state index in [0.29, 0.717) is 5.82 Å². The molecule has 1 aromatic heterocycles. The molecule has 0 spiro atoms. The van der Waals surface area contributed by atoms with Crippen molar-refractivity contribution in [1.82, 2.24) is 9.88 Å². The van der Waals surface area contributed by atoms with Crippen LogP contribution in [-0.4, -0.2) is 62.0 Å². The van der Waals surface area contributed by atoms with E-state index in [1.165, 1.54) is 18.5 Å². The van der Waals surface area contributed by atoms with Gasteiger partial charge in [-0.05, 0) is 42.4 Å². The Morgan fingerprint density at radius 2 is 1.71 bits per heavy atom. The van der Waals surface area contributed by atoms with Crippen molar-refractivity contribution >= 4 is 33.8 Å². The third-order valence-electron chi connectivity index (χ3n) is 8.18. The van der Waals surface area contributed by atoms with Gasteiger partial charge in [-0.15, -0.1) is 0 Å². The Morgan fingerprint density at radius 3 is 2.39 bits per heavy atom. The summed E-state index contributed by atoms with van der Waals surface area (Å²) >= 11 is 0. The molecular formula is C31H52N6O. The molecule has 0 amide bonds. The van der Waals surface area contributed by atoms with Gasteiger partial charge < -0.3 is 26.0 Å². The predicted molar refractivity (Wildman–Crippen MR) is 163 cm³/mol. The van der Waals surface area contributed by atoms with E-state index in [1.54, 1.807) is 0 Å². The first kappa shape index (κ1) is 28.8. The number of aromatic nitrogens is 1. The predicted octanol–water partition coefficient (Wildman–Crippen LogP) is 6.41. The molecule has 2 aliphatic rings. The molecule has 0 saturated carbocycles. The summed E-state index contributed by atoms with van der Waals surface area (Å²) in [4.78, 5) is 9.78. The van der Waals surface area contributed by atoms with Gasteiger partial charge in [0.25, 0.3) is 0 Å². The fraction of sp³-hybridized carbons (Fsp3) is 0.710. The molecule has 3 heterocycles. The molecular weight excluding hydrogens is 472 g/mol. The van der Waals surface area contributed by atoms with Crippen LogP contribution in [-0.2, 0) is 4.74 Å². The number of piperazine rings is 1.